The van der Waals surface area contributed by atoms with Gasteiger partial charge in [-0.2, -0.15) is 0 Å². The summed E-state index contributed by atoms with van der Waals surface area (Å²) < 4.78 is 30.5. The molecule has 144 valence electrons. The van der Waals surface area contributed by atoms with Gasteiger partial charge in [-0.3, -0.25) is 9.52 Å². The van der Waals surface area contributed by atoms with Crippen molar-refractivity contribution in [1.29, 1.82) is 0 Å². The lowest BCUT2D eigenvalue weighted by atomic mass is 9.65. The summed E-state index contributed by atoms with van der Waals surface area (Å²) in [7, 11) is -1.95. The summed E-state index contributed by atoms with van der Waals surface area (Å²) in [6.07, 6.45) is 6.20. The molecule has 0 aliphatic heterocycles. The van der Waals surface area contributed by atoms with E-state index in [4.69, 9.17) is 10.5 Å². The maximum Gasteiger partial charge on any atom is 0.229 e. The minimum absolute atomic E-state index is 0.000301. The van der Waals surface area contributed by atoms with Gasteiger partial charge in [0.1, 0.15) is 5.75 Å². The molecule has 2 unspecified atom stereocenters. The Morgan fingerprint density at radius 1 is 1.23 bits per heavy atom. The number of ether oxygens (including phenoxy) is 1. The van der Waals surface area contributed by atoms with Crippen LogP contribution in [-0.4, -0.2) is 33.7 Å². The fraction of sp³-hybridized carbons (Fsp3) is 0.611. The molecule has 0 aromatic heterocycles. The molecule has 0 saturated heterocycles. The summed E-state index contributed by atoms with van der Waals surface area (Å²) in [5.41, 5.74) is 7.23. The van der Waals surface area contributed by atoms with Crippen LogP contribution in [0.15, 0.2) is 18.2 Å². The van der Waals surface area contributed by atoms with Gasteiger partial charge in [0.05, 0.1) is 19.1 Å². The minimum atomic E-state index is -3.41. The molecule has 2 aliphatic carbocycles. The Morgan fingerprint density at radius 2 is 1.88 bits per heavy atom. The molecule has 2 saturated carbocycles. The van der Waals surface area contributed by atoms with Crippen molar-refractivity contribution in [3.8, 4) is 5.75 Å². The highest BCUT2D eigenvalue weighted by Crippen LogP contribution is 2.42. The molecule has 2 bridgehead atoms. The summed E-state index contributed by atoms with van der Waals surface area (Å²) in [5.74, 6) is 1.21. The van der Waals surface area contributed by atoms with Crippen molar-refractivity contribution in [3.63, 3.8) is 0 Å². The molecule has 2 aliphatic rings. The van der Waals surface area contributed by atoms with E-state index in [1.807, 2.05) is 0 Å². The number of benzene rings is 1. The van der Waals surface area contributed by atoms with Crippen LogP contribution in [0.25, 0.3) is 0 Å². The van der Waals surface area contributed by atoms with Gasteiger partial charge in [-0.25, -0.2) is 8.42 Å². The molecule has 2 atom stereocenters. The van der Waals surface area contributed by atoms with Gasteiger partial charge >= 0.3 is 0 Å². The van der Waals surface area contributed by atoms with Gasteiger partial charge < -0.3 is 15.8 Å². The third-order valence-electron chi connectivity index (χ3n) is 5.55. The number of sulfonamides is 1. The van der Waals surface area contributed by atoms with E-state index in [1.54, 1.807) is 18.2 Å². The van der Waals surface area contributed by atoms with Gasteiger partial charge in [0.25, 0.3) is 0 Å². The zero-order valence-electron chi connectivity index (χ0n) is 15.2. The van der Waals surface area contributed by atoms with Crippen molar-refractivity contribution in [2.75, 3.05) is 23.4 Å². The van der Waals surface area contributed by atoms with Gasteiger partial charge in [-0.1, -0.05) is 6.42 Å². The summed E-state index contributed by atoms with van der Waals surface area (Å²) in [4.78, 5) is 12.7. The molecule has 0 spiro atoms. The van der Waals surface area contributed by atoms with E-state index in [0.29, 0.717) is 29.0 Å². The van der Waals surface area contributed by atoms with Crippen LogP contribution in [0.1, 0.15) is 32.1 Å². The number of carbonyl (C=O) groups excluding carboxylic acids is 1. The molecule has 0 radical (unpaired) electrons. The average Bonchev–Trinajstić information content (AvgIpc) is 2.54. The van der Waals surface area contributed by atoms with Crippen LogP contribution in [0.5, 0.6) is 5.75 Å². The highest BCUT2D eigenvalue weighted by atomic mass is 32.2. The SMILES string of the molecule is COc1cc(NC(=O)C2CC3CCCC(C2)C3N)ccc1NS(C)(=O)=O. The largest absolute Gasteiger partial charge is 0.494 e. The van der Waals surface area contributed by atoms with Crippen LogP contribution >= 0.6 is 0 Å². The third-order valence-corrected chi connectivity index (χ3v) is 6.14. The molecule has 26 heavy (non-hydrogen) atoms. The van der Waals surface area contributed by atoms with Crippen LogP contribution in [0.2, 0.25) is 0 Å². The standard InChI is InChI=1S/C18H27N3O4S/c1-25-16-10-14(6-7-15(16)21-26(2,23)24)20-18(22)13-8-11-4-3-5-12(9-13)17(11)19/h6-7,10-13,17,21H,3-5,8-9,19H2,1-2H3,(H,20,22). The second-order valence-electron chi connectivity index (χ2n) is 7.48. The van der Waals surface area contributed by atoms with Gasteiger partial charge in [0, 0.05) is 23.7 Å². The second kappa shape index (κ2) is 7.44. The molecular formula is C18H27N3O4S. The lowest BCUT2D eigenvalue weighted by molar-refractivity contribution is -0.122. The van der Waals surface area contributed by atoms with E-state index < -0.39 is 10.0 Å². The lowest BCUT2D eigenvalue weighted by Gasteiger charge is -2.43. The molecule has 1 aromatic rings. The molecule has 8 heteroatoms. The molecule has 1 amide bonds. The number of hydrogen-bond donors (Lipinski definition) is 3. The fourth-order valence-electron chi connectivity index (χ4n) is 4.30. The summed E-state index contributed by atoms with van der Waals surface area (Å²) in [6.45, 7) is 0. The van der Waals surface area contributed by atoms with E-state index in [-0.39, 0.29) is 17.9 Å². The van der Waals surface area contributed by atoms with E-state index in [2.05, 4.69) is 10.0 Å². The Bertz CT molecular complexity index is 767. The van der Waals surface area contributed by atoms with Crippen molar-refractivity contribution in [3.05, 3.63) is 18.2 Å². The van der Waals surface area contributed by atoms with Crippen LogP contribution in [0.4, 0.5) is 11.4 Å². The van der Waals surface area contributed by atoms with Crippen molar-refractivity contribution in [2.45, 2.75) is 38.1 Å². The minimum Gasteiger partial charge on any atom is -0.494 e. The van der Waals surface area contributed by atoms with E-state index in [9.17, 15) is 13.2 Å². The zero-order valence-corrected chi connectivity index (χ0v) is 16.0. The smallest absolute Gasteiger partial charge is 0.229 e. The number of nitrogens with one attached hydrogen (secondary N) is 2. The number of rotatable bonds is 5. The molecule has 4 N–H and O–H groups in total. The average molecular weight is 381 g/mol. The quantitative estimate of drug-likeness (QED) is 0.724. The first-order valence-electron chi connectivity index (χ1n) is 8.99. The number of amides is 1. The number of nitrogens with two attached hydrogens (primary N) is 1. The Balaban J connectivity index is 1.69. The Kier molecular flexibility index (Phi) is 5.43. The highest BCUT2D eigenvalue weighted by Gasteiger charge is 2.40. The van der Waals surface area contributed by atoms with E-state index in [0.717, 1.165) is 31.9 Å². The molecule has 2 fully saturated rings. The van der Waals surface area contributed by atoms with E-state index >= 15 is 0 Å². The number of carbonyl (C=O) groups is 1. The van der Waals surface area contributed by atoms with Crippen LogP contribution < -0.4 is 20.5 Å². The highest BCUT2D eigenvalue weighted by molar-refractivity contribution is 7.92. The topological polar surface area (TPSA) is 111 Å². The first-order chi connectivity index (χ1) is 12.3. The van der Waals surface area contributed by atoms with Crippen LogP contribution in [0, 0.1) is 17.8 Å². The fourth-order valence-corrected chi connectivity index (χ4v) is 4.87. The monoisotopic (exact) mass is 381 g/mol. The summed E-state index contributed by atoms with van der Waals surface area (Å²) in [6, 6.07) is 5.11. The van der Waals surface area contributed by atoms with Crippen molar-refractivity contribution < 1.29 is 17.9 Å². The summed E-state index contributed by atoms with van der Waals surface area (Å²) in [5, 5.41) is 2.94. The second-order valence-corrected chi connectivity index (χ2v) is 9.22. The first kappa shape index (κ1) is 19.0. The van der Waals surface area contributed by atoms with Gasteiger partial charge in [-0.15, -0.1) is 0 Å². The van der Waals surface area contributed by atoms with E-state index in [1.165, 1.54) is 13.5 Å². The Labute approximate surface area is 154 Å². The Hall–Kier alpha value is -1.80. The van der Waals surface area contributed by atoms with Gasteiger partial charge in [0.15, 0.2) is 0 Å². The van der Waals surface area contributed by atoms with Crippen molar-refractivity contribution in [1.82, 2.24) is 0 Å². The van der Waals surface area contributed by atoms with Crippen molar-refractivity contribution >= 4 is 27.3 Å². The predicted octanol–water partition coefficient (Wildman–Crippen LogP) is 2.16. The number of hydrogen-bond acceptors (Lipinski definition) is 5. The molecular weight excluding hydrogens is 354 g/mol. The maximum absolute atomic E-state index is 12.7. The maximum atomic E-state index is 12.7. The van der Waals surface area contributed by atoms with Gasteiger partial charge in [-0.05, 0) is 49.7 Å². The molecule has 1 aromatic carbocycles. The van der Waals surface area contributed by atoms with Gasteiger partial charge in [0.2, 0.25) is 15.9 Å². The first-order valence-corrected chi connectivity index (χ1v) is 10.9. The molecule has 0 heterocycles. The van der Waals surface area contributed by atoms with Crippen LogP contribution in [-0.2, 0) is 14.8 Å². The normalized spacial score (nSPS) is 28.3. The predicted molar refractivity (Wildman–Crippen MR) is 102 cm³/mol. The number of fused-ring (bicyclic) bond motifs is 2. The van der Waals surface area contributed by atoms with Crippen molar-refractivity contribution in [2.24, 2.45) is 23.5 Å². The number of anilines is 2. The van der Waals surface area contributed by atoms with Crippen LogP contribution in [0.3, 0.4) is 0 Å². The third kappa shape index (κ3) is 4.29. The Morgan fingerprint density at radius 3 is 2.46 bits per heavy atom. The molecule has 7 nitrogen and oxygen atoms in total. The zero-order chi connectivity index (χ0) is 18.9. The lowest BCUT2D eigenvalue weighted by Crippen LogP contribution is -2.48. The number of methoxy groups -OCH3 is 1. The molecule has 3 rings (SSSR count). The summed E-state index contributed by atoms with van der Waals surface area (Å²) >= 11 is 0.